The molecule has 0 spiro atoms. The highest BCUT2D eigenvalue weighted by Crippen LogP contribution is 2.03. The van der Waals surface area contributed by atoms with Crippen LogP contribution in [-0.4, -0.2) is 47.8 Å². The van der Waals surface area contributed by atoms with Crippen LogP contribution < -0.4 is 11.1 Å². The van der Waals surface area contributed by atoms with Gasteiger partial charge in [-0.1, -0.05) is 0 Å². The second-order valence-electron chi connectivity index (χ2n) is 3.64. The molecule has 0 atom stereocenters. The SMILES string of the molecule is CN(C)CCNC(=O)c1cc(N)nn1C. The Hall–Kier alpha value is -1.56. The van der Waals surface area contributed by atoms with E-state index < -0.39 is 0 Å². The molecule has 0 aliphatic carbocycles. The molecule has 0 aliphatic rings. The lowest BCUT2D eigenvalue weighted by Gasteiger charge is -2.10. The highest BCUT2D eigenvalue weighted by Gasteiger charge is 2.10. The molecule has 0 saturated carbocycles. The summed E-state index contributed by atoms with van der Waals surface area (Å²) >= 11 is 0. The summed E-state index contributed by atoms with van der Waals surface area (Å²) in [7, 11) is 5.60. The van der Waals surface area contributed by atoms with E-state index in [0.717, 1.165) is 6.54 Å². The number of hydrogen-bond donors (Lipinski definition) is 2. The van der Waals surface area contributed by atoms with Crippen molar-refractivity contribution in [1.82, 2.24) is 20.0 Å². The molecule has 6 heteroatoms. The van der Waals surface area contributed by atoms with E-state index in [4.69, 9.17) is 5.73 Å². The fraction of sp³-hybridized carbons (Fsp3) is 0.556. The van der Waals surface area contributed by atoms with E-state index in [1.165, 1.54) is 4.68 Å². The van der Waals surface area contributed by atoms with Crippen LogP contribution in [0.2, 0.25) is 0 Å². The topological polar surface area (TPSA) is 76.2 Å². The highest BCUT2D eigenvalue weighted by molar-refractivity contribution is 5.93. The van der Waals surface area contributed by atoms with E-state index in [2.05, 4.69) is 10.4 Å². The first-order valence-electron chi connectivity index (χ1n) is 4.73. The fourth-order valence-electron chi connectivity index (χ4n) is 1.19. The number of aryl methyl sites for hydroxylation is 1. The average molecular weight is 211 g/mol. The van der Waals surface area contributed by atoms with Gasteiger partial charge >= 0.3 is 0 Å². The minimum Gasteiger partial charge on any atom is -0.382 e. The Kier molecular flexibility index (Phi) is 3.68. The van der Waals surface area contributed by atoms with Gasteiger partial charge in [-0.2, -0.15) is 5.10 Å². The first-order chi connectivity index (χ1) is 7.00. The number of aromatic nitrogens is 2. The second-order valence-corrected chi connectivity index (χ2v) is 3.64. The smallest absolute Gasteiger partial charge is 0.269 e. The summed E-state index contributed by atoms with van der Waals surface area (Å²) in [6.07, 6.45) is 0. The molecular weight excluding hydrogens is 194 g/mol. The molecule has 0 saturated heterocycles. The number of nitrogens with zero attached hydrogens (tertiary/aromatic N) is 3. The standard InChI is InChI=1S/C9H17N5O/c1-13(2)5-4-11-9(15)7-6-8(10)12-14(7)3/h6H,4-5H2,1-3H3,(H2,10,12)(H,11,15). The molecule has 1 aromatic rings. The Morgan fingerprint density at radius 3 is 2.80 bits per heavy atom. The van der Waals surface area contributed by atoms with Gasteiger partial charge in [0.25, 0.3) is 5.91 Å². The summed E-state index contributed by atoms with van der Waals surface area (Å²) in [6, 6.07) is 1.56. The zero-order valence-corrected chi connectivity index (χ0v) is 9.32. The van der Waals surface area contributed by atoms with Gasteiger partial charge in [-0.3, -0.25) is 9.48 Å². The molecule has 15 heavy (non-hydrogen) atoms. The maximum absolute atomic E-state index is 11.6. The number of anilines is 1. The molecule has 0 aliphatic heterocycles. The van der Waals surface area contributed by atoms with Crippen LogP contribution in [0.3, 0.4) is 0 Å². The van der Waals surface area contributed by atoms with Crippen LogP contribution in [0.4, 0.5) is 5.82 Å². The predicted octanol–water partition coefficient (Wildman–Crippen LogP) is -0.706. The van der Waals surface area contributed by atoms with Crippen molar-refractivity contribution in [1.29, 1.82) is 0 Å². The van der Waals surface area contributed by atoms with Crippen molar-refractivity contribution in [2.24, 2.45) is 7.05 Å². The highest BCUT2D eigenvalue weighted by atomic mass is 16.2. The van der Waals surface area contributed by atoms with Crippen molar-refractivity contribution in [3.8, 4) is 0 Å². The fourth-order valence-corrected chi connectivity index (χ4v) is 1.19. The van der Waals surface area contributed by atoms with Crippen molar-refractivity contribution >= 4 is 11.7 Å². The first-order valence-corrected chi connectivity index (χ1v) is 4.73. The van der Waals surface area contributed by atoms with Gasteiger partial charge in [0.1, 0.15) is 11.5 Å². The van der Waals surface area contributed by atoms with Gasteiger partial charge in [0, 0.05) is 26.2 Å². The van der Waals surface area contributed by atoms with Gasteiger partial charge in [0.15, 0.2) is 0 Å². The predicted molar refractivity (Wildman–Crippen MR) is 58.5 cm³/mol. The second kappa shape index (κ2) is 4.79. The minimum absolute atomic E-state index is 0.149. The van der Waals surface area contributed by atoms with Crippen LogP contribution in [-0.2, 0) is 7.05 Å². The molecule has 0 unspecified atom stereocenters. The van der Waals surface area contributed by atoms with E-state index in [-0.39, 0.29) is 5.91 Å². The Bertz CT molecular complexity index is 344. The lowest BCUT2D eigenvalue weighted by atomic mass is 10.4. The Balaban J connectivity index is 2.50. The van der Waals surface area contributed by atoms with Crippen molar-refractivity contribution in [2.75, 3.05) is 32.9 Å². The Morgan fingerprint density at radius 2 is 2.33 bits per heavy atom. The van der Waals surface area contributed by atoms with Crippen LogP contribution in [0.5, 0.6) is 0 Å². The van der Waals surface area contributed by atoms with Gasteiger partial charge in [0.2, 0.25) is 0 Å². The monoisotopic (exact) mass is 211 g/mol. The average Bonchev–Trinajstić information content (AvgIpc) is 2.44. The van der Waals surface area contributed by atoms with Crippen molar-refractivity contribution in [2.45, 2.75) is 0 Å². The Labute approximate surface area is 89.0 Å². The molecule has 1 amide bonds. The number of nitrogen functional groups attached to an aromatic ring is 1. The quantitative estimate of drug-likeness (QED) is 0.690. The Morgan fingerprint density at radius 1 is 1.67 bits per heavy atom. The van der Waals surface area contributed by atoms with E-state index >= 15 is 0 Å². The molecule has 0 fully saturated rings. The van der Waals surface area contributed by atoms with E-state index in [9.17, 15) is 4.79 Å². The summed E-state index contributed by atoms with van der Waals surface area (Å²) in [5.41, 5.74) is 5.95. The van der Waals surface area contributed by atoms with Crippen LogP contribution in [0.1, 0.15) is 10.5 Å². The molecule has 0 aromatic carbocycles. The molecule has 1 rings (SSSR count). The molecule has 1 aromatic heterocycles. The van der Waals surface area contributed by atoms with Gasteiger partial charge in [0.05, 0.1) is 0 Å². The number of amides is 1. The minimum atomic E-state index is -0.149. The van der Waals surface area contributed by atoms with Crippen LogP contribution in [0.25, 0.3) is 0 Å². The molecule has 6 nitrogen and oxygen atoms in total. The number of carbonyl (C=O) groups excluding carboxylic acids is 1. The summed E-state index contributed by atoms with van der Waals surface area (Å²) in [5, 5.41) is 6.69. The molecule has 84 valence electrons. The number of hydrogen-bond acceptors (Lipinski definition) is 4. The zero-order chi connectivity index (χ0) is 11.4. The third-order valence-electron chi connectivity index (χ3n) is 1.98. The largest absolute Gasteiger partial charge is 0.382 e. The molecular formula is C9H17N5O. The van der Waals surface area contributed by atoms with E-state index in [0.29, 0.717) is 18.1 Å². The van der Waals surface area contributed by atoms with Crippen molar-refractivity contribution in [3.05, 3.63) is 11.8 Å². The van der Waals surface area contributed by atoms with Crippen LogP contribution >= 0.6 is 0 Å². The maximum Gasteiger partial charge on any atom is 0.269 e. The summed E-state index contributed by atoms with van der Waals surface area (Å²) in [5.74, 6) is 0.207. The van der Waals surface area contributed by atoms with Crippen LogP contribution in [0.15, 0.2) is 6.07 Å². The number of carbonyl (C=O) groups is 1. The summed E-state index contributed by atoms with van der Waals surface area (Å²) < 4.78 is 1.47. The van der Waals surface area contributed by atoms with Crippen LogP contribution in [0, 0.1) is 0 Å². The maximum atomic E-state index is 11.6. The third-order valence-corrected chi connectivity index (χ3v) is 1.98. The lowest BCUT2D eigenvalue weighted by molar-refractivity contribution is 0.0941. The number of nitrogens with two attached hydrogens (primary N) is 1. The van der Waals surface area contributed by atoms with Gasteiger partial charge in [-0.15, -0.1) is 0 Å². The van der Waals surface area contributed by atoms with Gasteiger partial charge in [-0.25, -0.2) is 0 Å². The molecule has 0 radical (unpaired) electrons. The van der Waals surface area contributed by atoms with Crippen molar-refractivity contribution < 1.29 is 4.79 Å². The van der Waals surface area contributed by atoms with E-state index in [1.807, 2.05) is 19.0 Å². The third kappa shape index (κ3) is 3.25. The zero-order valence-electron chi connectivity index (χ0n) is 9.32. The molecule has 3 N–H and O–H groups in total. The lowest BCUT2D eigenvalue weighted by Crippen LogP contribution is -2.32. The normalized spacial score (nSPS) is 10.7. The summed E-state index contributed by atoms with van der Waals surface area (Å²) in [6.45, 7) is 1.41. The number of rotatable bonds is 4. The van der Waals surface area contributed by atoms with Gasteiger partial charge < -0.3 is 16.0 Å². The van der Waals surface area contributed by atoms with E-state index in [1.54, 1.807) is 13.1 Å². The number of nitrogens with one attached hydrogen (secondary N) is 1. The number of likely N-dealkylation sites (N-methyl/N-ethyl adjacent to an activating group) is 1. The summed E-state index contributed by atoms with van der Waals surface area (Å²) in [4.78, 5) is 13.6. The van der Waals surface area contributed by atoms with Gasteiger partial charge in [-0.05, 0) is 14.1 Å². The van der Waals surface area contributed by atoms with Crippen molar-refractivity contribution in [3.63, 3.8) is 0 Å². The molecule has 1 heterocycles. The molecule has 0 bridgehead atoms. The first kappa shape index (κ1) is 11.5.